The highest BCUT2D eigenvalue weighted by atomic mass is 16.4. The summed E-state index contributed by atoms with van der Waals surface area (Å²) in [7, 11) is 0. The third-order valence-corrected chi connectivity index (χ3v) is 5.48. The summed E-state index contributed by atoms with van der Waals surface area (Å²) >= 11 is 0. The molecule has 2 aromatic carbocycles. The van der Waals surface area contributed by atoms with Crippen LogP contribution < -0.4 is 5.43 Å². The van der Waals surface area contributed by atoms with E-state index in [1.165, 1.54) is 21.7 Å². The first-order chi connectivity index (χ1) is 15.4. The highest BCUT2D eigenvalue weighted by Crippen LogP contribution is 2.33. The van der Waals surface area contributed by atoms with Crippen molar-refractivity contribution in [1.82, 2.24) is 5.01 Å². The van der Waals surface area contributed by atoms with E-state index in [4.69, 9.17) is 5.11 Å². The first-order valence-corrected chi connectivity index (χ1v) is 10.4. The van der Waals surface area contributed by atoms with Gasteiger partial charge in [-0.2, -0.15) is 10.2 Å². The lowest BCUT2D eigenvalue weighted by Gasteiger charge is -2.10. The molecular formula is C24H24N4O4. The second-order valence-electron chi connectivity index (χ2n) is 7.85. The Morgan fingerprint density at radius 2 is 1.91 bits per heavy atom. The number of nitrogens with zero attached hydrogens (tertiary/aromatic N) is 3. The van der Waals surface area contributed by atoms with E-state index in [0.717, 1.165) is 12.8 Å². The normalized spacial score (nSPS) is 16.3. The van der Waals surface area contributed by atoms with Gasteiger partial charge < -0.3 is 10.2 Å². The number of anilines is 1. The maximum absolute atomic E-state index is 12.5. The summed E-state index contributed by atoms with van der Waals surface area (Å²) in [5.41, 5.74) is 8.23. The molecule has 1 amide bonds. The number of benzene rings is 2. The van der Waals surface area contributed by atoms with Crippen LogP contribution in [0, 0.1) is 0 Å². The fraction of sp³-hybridized carbons (Fsp3) is 0.250. The van der Waals surface area contributed by atoms with E-state index < -0.39 is 11.9 Å². The van der Waals surface area contributed by atoms with Gasteiger partial charge in [0.25, 0.3) is 5.91 Å². The molecule has 0 radical (unpaired) electrons. The molecule has 0 spiro atoms. The molecule has 8 nitrogen and oxygen atoms in total. The standard InChI is InChI=1S/C24H24N4O4/c1-15-22(24(32)28(27-15)11-5-10-21(29)30)26-25-20-9-4-8-19(23(20)31)14-16-12-17-6-2-3-7-18(17)13-16/h2-4,6-9,14,25,31H,5,10-13H2,1H3,(H,29,30)/b26-22-. The predicted octanol–water partition coefficient (Wildman–Crippen LogP) is 3.43. The van der Waals surface area contributed by atoms with Crippen LogP contribution in [0.3, 0.4) is 0 Å². The van der Waals surface area contributed by atoms with Crippen LogP contribution in [0.15, 0.2) is 58.2 Å². The summed E-state index contributed by atoms with van der Waals surface area (Å²) in [6.45, 7) is 1.87. The van der Waals surface area contributed by atoms with E-state index in [9.17, 15) is 14.7 Å². The summed E-state index contributed by atoms with van der Waals surface area (Å²) in [4.78, 5) is 23.2. The Morgan fingerprint density at radius 1 is 1.19 bits per heavy atom. The number of para-hydroxylation sites is 1. The molecule has 0 bridgehead atoms. The fourth-order valence-electron chi connectivity index (χ4n) is 3.87. The maximum atomic E-state index is 12.5. The van der Waals surface area contributed by atoms with E-state index in [1.807, 2.05) is 30.3 Å². The van der Waals surface area contributed by atoms with Crippen LogP contribution in [0.5, 0.6) is 5.75 Å². The quantitative estimate of drug-likeness (QED) is 0.458. The first-order valence-electron chi connectivity index (χ1n) is 10.4. The SMILES string of the molecule is CC1=NN(CCCC(=O)O)C(=O)/C1=N\Nc1cccc(C=C2Cc3ccccc3C2)c1O. The molecule has 0 saturated heterocycles. The van der Waals surface area contributed by atoms with Gasteiger partial charge in [0.15, 0.2) is 5.71 Å². The van der Waals surface area contributed by atoms with Gasteiger partial charge in [0.2, 0.25) is 0 Å². The second kappa shape index (κ2) is 9.05. The summed E-state index contributed by atoms with van der Waals surface area (Å²) in [6.07, 6.45) is 3.98. The molecule has 2 aromatic rings. The van der Waals surface area contributed by atoms with Crippen molar-refractivity contribution in [3.63, 3.8) is 0 Å². The lowest BCUT2D eigenvalue weighted by Crippen LogP contribution is -2.29. The zero-order chi connectivity index (χ0) is 22.7. The number of carbonyl (C=O) groups excluding carboxylic acids is 1. The molecule has 0 aromatic heterocycles. The number of allylic oxidation sites excluding steroid dienone is 1. The number of rotatable bonds is 7. The van der Waals surface area contributed by atoms with Crippen LogP contribution in [0.1, 0.15) is 36.5 Å². The number of aliphatic carboxylic acids is 1. The van der Waals surface area contributed by atoms with Crippen LogP contribution in [0.2, 0.25) is 0 Å². The van der Waals surface area contributed by atoms with Crippen molar-refractivity contribution in [1.29, 1.82) is 0 Å². The Bertz CT molecular complexity index is 1140. The number of amides is 1. The molecule has 8 heteroatoms. The average Bonchev–Trinajstić information content (AvgIpc) is 3.28. The van der Waals surface area contributed by atoms with E-state index >= 15 is 0 Å². The molecule has 0 unspecified atom stereocenters. The minimum absolute atomic E-state index is 0.0374. The molecule has 2 aliphatic rings. The van der Waals surface area contributed by atoms with Crippen molar-refractivity contribution in [2.24, 2.45) is 10.2 Å². The summed E-state index contributed by atoms with van der Waals surface area (Å²) in [5, 5.41) is 29.0. The maximum Gasteiger partial charge on any atom is 0.303 e. The van der Waals surface area contributed by atoms with Crippen LogP contribution in [-0.4, -0.2) is 45.1 Å². The number of hydrogen-bond donors (Lipinski definition) is 3. The van der Waals surface area contributed by atoms with Gasteiger partial charge in [0, 0.05) is 18.5 Å². The van der Waals surface area contributed by atoms with E-state index in [2.05, 4.69) is 27.8 Å². The van der Waals surface area contributed by atoms with Gasteiger partial charge in [-0.25, -0.2) is 5.01 Å². The highest BCUT2D eigenvalue weighted by molar-refractivity contribution is 6.68. The number of carbonyl (C=O) groups is 2. The third-order valence-electron chi connectivity index (χ3n) is 5.48. The van der Waals surface area contributed by atoms with Gasteiger partial charge >= 0.3 is 5.97 Å². The number of phenols is 1. The number of carboxylic acid groups (broad SMARTS) is 1. The number of hydrazone groups is 2. The lowest BCUT2D eigenvalue weighted by atomic mass is 10.1. The van der Waals surface area contributed by atoms with Gasteiger partial charge in [-0.15, -0.1) is 0 Å². The molecule has 1 aliphatic heterocycles. The zero-order valence-corrected chi connectivity index (χ0v) is 17.7. The molecule has 0 fully saturated rings. The van der Waals surface area contributed by atoms with E-state index in [1.54, 1.807) is 13.0 Å². The molecule has 1 heterocycles. The molecule has 164 valence electrons. The fourth-order valence-corrected chi connectivity index (χ4v) is 3.87. The topological polar surface area (TPSA) is 115 Å². The van der Waals surface area contributed by atoms with Crippen molar-refractivity contribution in [3.05, 3.63) is 64.7 Å². The molecule has 4 rings (SSSR count). The summed E-state index contributed by atoms with van der Waals surface area (Å²) in [5.74, 6) is -1.26. The van der Waals surface area contributed by atoms with Gasteiger partial charge in [0.1, 0.15) is 5.75 Å². The average molecular weight is 432 g/mol. The minimum Gasteiger partial charge on any atom is -0.505 e. The minimum atomic E-state index is -0.917. The second-order valence-corrected chi connectivity index (χ2v) is 7.85. The number of carboxylic acids is 1. The van der Waals surface area contributed by atoms with Gasteiger partial charge in [0.05, 0.1) is 11.4 Å². The Morgan fingerprint density at radius 3 is 2.59 bits per heavy atom. The number of aromatic hydroxyl groups is 1. The highest BCUT2D eigenvalue weighted by Gasteiger charge is 2.29. The molecular weight excluding hydrogens is 408 g/mol. The number of fused-ring (bicyclic) bond motifs is 1. The van der Waals surface area contributed by atoms with Crippen LogP contribution >= 0.6 is 0 Å². The van der Waals surface area contributed by atoms with Crippen molar-refractivity contribution in [3.8, 4) is 5.75 Å². The Hall–Kier alpha value is -3.94. The van der Waals surface area contributed by atoms with E-state index in [0.29, 0.717) is 23.4 Å². The van der Waals surface area contributed by atoms with E-state index in [-0.39, 0.29) is 24.4 Å². The number of nitrogens with one attached hydrogen (secondary N) is 1. The summed E-state index contributed by atoms with van der Waals surface area (Å²) in [6, 6.07) is 13.6. The molecule has 3 N–H and O–H groups in total. The van der Waals surface area contributed by atoms with Crippen LogP contribution in [-0.2, 0) is 22.4 Å². The Balaban J connectivity index is 1.46. The first kappa shape index (κ1) is 21.3. The lowest BCUT2D eigenvalue weighted by molar-refractivity contribution is -0.137. The Kier molecular flexibility index (Phi) is 6.02. The van der Waals surface area contributed by atoms with Gasteiger partial charge in [-0.1, -0.05) is 48.0 Å². The predicted molar refractivity (Wildman–Crippen MR) is 123 cm³/mol. The van der Waals surface area contributed by atoms with Crippen LogP contribution in [0.25, 0.3) is 6.08 Å². The third kappa shape index (κ3) is 4.54. The van der Waals surface area contributed by atoms with Crippen molar-refractivity contribution >= 4 is 35.1 Å². The number of phenolic OH excluding ortho intramolecular Hbond substituents is 1. The molecule has 32 heavy (non-hydrogen) atoms. The monoisotopic (exact) mass is 432 g/mol. The summed E-state index contributed by atoms with van der Waals surface area (Å²) < 4.78 is 0. The molecule has 1 aliphatic carbocycles. The van der Waals surface area contributed by atoms with Gasteiger partial charge in [-0.05, 0) is 43.4 Å². The largest absolute Gasteiger partial charge is 0.505 e. The van der Waals surface area contributed by atoms with Crippen molar-refractivity contribution in [2.75, 3.05) is 12.0 Å². The Labute approximate surface area is 185 Å². The van der Waals surface area contributed by atoms with Crippen molar-refractivity contribution in [2.45, 2.75) is 32.6 Å². The molecule has 0 atom stereocenters. The smallest absolute Gasteiger partial charge is 0.303 e. The zero-order valence-electron chi connectivity index (χ0n) is 17.7. The van der Waals surface area contributed by atoms with Crippen molar-refractivity contribution < 1.29 is 19.8 Å². The van der Waals surface area contributed by atoms with Crippen LogP contribution in [0.4, 0.5) is 5.69 Å². The molecule has 0 saturated carbocycles. The van der Waals surface area contributed by atoms with Gasteiger partial charge in [-0.3, -0.25) is 15.0 Å². The number of hydrogen-bond acceptors (Lipinski definition) is 6.